The first-order valence-corrected chi connectivity index (χ1v) is 10.8. The van der Waals surface area contributed by atoms with Crippen molar-refractivity contribution in [2.24, 2.45) is 0 Å². The van der Waals surface area contributed by atoms with E-state index >= 15 is 0 Å². The van der Waals surface area contributed by atoms with Crippen LogP contribution >= 0.6 is 0 Å². The van der Waals surface area contributed by atoms with Gasteiger partial charge in [0.05, 0.1) is 37.3 Å². The Labute approximate surface area is 191 Å². The molecule has 1 fully saturated rings. The van der Waals surface area contributed by atoms with Gasteiger partial charge in [0.25, 0.3) is 5.91 Å². The molecule has 1 saturated heterocycles. The van der Waals surface area contributed by atoms with Crippen LogP contribution in [0.4, 0.5) is 15.8 Å². The lowest BCUT2D eigenvalue weighted by Gasteiger charge is -2.30. The van der Waals surface area contributed by atoms with Crippen LogP contribution in [0.2, 0.25) is 0 Å². The number of anilines is 2. The molecule has 1 N–H and O–H groups in total. The van der Waals surface area contributed by atoms with E-state index in [1.807, 2.05) is 32.0 Å². The molecule has 1 aliphatic heterocycles. The van der Waals surface area contributed by atoms with Gasteiger partial charge in [-0.15, -0.1) is 0 Å². The largest absolute Gasteiger partial charge is 0.476 e. The Balaban J connectivity index is 1.63. The maximum Gasteiger partial charge on any atom is 0.257 e. The number of hydrogen-bond donors (Lipinski definition) is 1. The van der Waals surface area contributed by atoms with E-state index in [0.29, 0.717) is 31.4 Å². The average molecular weight is 452 g/mol. The summed E-state index contributed by atoms with van der Waals surface area (Å²) in [5, 5.41) is 10.2. The minimum absolute atomic E-state index is 0.114. The minimum atomic E-state index is -0.779. The highest BCUT2D eigenvalue weighted by molar-refractivity contribution is 6.04. The lowest BCUT2D eigenvalue weighted by atomic mass is 10.0. The third kappa shape index (κ3) is 5.25. The molecule has 0 radical (unpaired) electrons. The zero-order valence-corrected chi connectivity index (χ0v) is 18.7. The van der Waals surface area contributed by atoms with Gasteiger partial charge in [-0.1, -0.05) is 6.07 Å². The minimum Gasteiger partial charge on any atom is -0.476 e. The number of benzene rings is 1. The number of nitrogens with one attached hydrogen (secondary N) is 1. The fraction of sp³-hybridized carbons (Fsp3) is 0.333. The van der Waals surface area contributed by atoms with Gasteiger partial charge in [0, 0.05) is 30.5 Å². The van der Waals surface area contributed by atoms with Gasteiger partial charge < -0.3 is 19.7 Å². The summed E-state index contributed by atoms with van der Waals surface area (Å²) in [5.74, 6) is 0.215. The number of morpholine rings is 1. The number of rotatable bonds is 7. The average Bonchev–Trinajstić information content (AvgIpc) is 2.86. The van der Waals surface area contributed by atoms with Crippen LogP contribution in [-0.4, -0.2) is 54.0 Å². The molecule has 8 nitrogen and oxygen atoms in total. The molecule has 0 atom stereocenters. The fourth-order valence-electron chi connectivity index (χ4n) is 3.68. The third-order valence-corrected chi connectivity index (χ3v) is 5.38. The van der Waals surface area contributed by atoms with Gasteiger partial charge in [0.1, 0.15) is 12.4 Å². The van der Waals surface area contributed by atoms with Gasteiger partial charge in [-0.3, -0.25) is 4.79 Å². The van der Waals surface area contributed by atoms with Crippen LogP contribution < -0.4 is 15.0 Å². The molecule has 2 aromatic heterocycles. The Hall–Kier alpha value is -3.59. The molecule has 33 heavy (non-hydrogen) atoms. The van der Waals surface area contributed by atoms with Crippen molar-refractivity contribution in [2.45, 2.75) is 20.5 Å². The Morgan fingerprint density at radius 2 is 2.03 bits per heavy atom. The van der Waals surface area contributed by atoms with Crippen molar-refractivity contribution in [1.29, 1.82) is 0 Å². The van der Waals surface area contributed by atoms with Crippen molar-refractivity contribution < 1.29 is 18.7 Å². The van der Waals surface area contributed by atoms with Crippen molar-refractivity contribution in [3.63, 3.8) is 0 Å². The van der Waals surface area contributed by atoms with E-state index in [-0.39, 0.29) is 17.2 Å². The molecule has 0 aliphatic carbocycles. The molecule has 172 valence electrons. The molecular formula is C24H26FN5O3. The number of alkyl halides is 1. The number of ether oxygens (including phenoxy) is 2. The summed E-state index contributed by atoms with van der Waals surface area (Å²) in [6.45, 7) is 6.53. The zero-order valence-electron chi connectivity index (χ0n) is 18.7. The van der Waals surface area contributed by atoms with Gasteiger partial charge in [-0.2, -0.15) is 10.2 Å². The predicted octanol–water partition coefficient (Wildman–Crippen LogP) is 3.80. The Bertz CT molecular complexity index is 1130. The molecular weight excluding hydrogens is 425 g/mol. The van der Waals surface area contributed by atoms with Gasteiger partial charge in [-0.25, -0.2) is 9.37 Å². The Morgan fingerprint density at radius 1 is 1.21 bits per heavy atom. The van der Waals surface area contributed by atoms with Gasteiger partial charge in [-0.05, 0) is 49.2 Å². The van der Waals surface area contributed by atoms with Crippen LogP contribution in [0.5, 0.6) is 5.88 Å². The Morgan fingerprint density at radius 3 is 2.79 bits per heavy atom. The number of carbonyl (C=O) groups is 1. The van der Waals surface area contributed by atoms with Crippen LogP contribution in [0.3, 0.4) is 0 Å². The highest BCUT2D eigenvalue weighted by Gasteiger charge is 2.19. The third-order valence-electron chi connectivity index (χ3n) is 5.38. The first kappa shape index (κ1) is 22.6. The summed E-state index contributed by atoms with van der Waals surface area (Å²) in [6, 6.07) is 9.12. The maximum atomic E-state index is 12.9. The van der Waals surface area contributed by atoms with Crippen LogP contribution in [0.1, 0.15) is 28.5 Å². The van der Waals surface area contributed by atoms with E-state index in [9.17, 15) is 9.18 Å². The van der Waals surface area contributed by atoms with Crippen LogP contribution in [-0.2, 0) is 11.4 Å². The highest BCUT2D eigenvalue weighted by Crippen LogP contribution is 2.34. The molecule has 1 amide bonds. The molecule has 0 unspecified atom stereocenters. The monoisotopic (exact) mass is 451 g/mol. The number of aryl methyl sites for hydroxylation is 1. The van der Waals surface area contributed by atoms with Crippen LogP contribution in [0, 0.1) is 6.92 Å². The van der Waals surface area contributed by atoms with Crippen molar-refractivity contribution in [3.05, 3.63) is 59.5 Å². The molecule has 1 aliphatic rings. The number of nitrogens with zero attached hydrogens (tertiary/aromatic N) is 4. The Kier molecular flexibility index (Phi) is 7.09. The second kappa shape index (κ2) is 10.4. The van der Waals surface area contributed by atoms with Crippen molar-refractivity contribution in [1.82, 2.24) is 15.2 Å². The van der Waals surface area contributed by atoms with E-state index in [2.05, 4.69) is 31.5 Å². The van der Waals surface area contributed by atoms with E-state index in [1.54, 1.807) is 6.20 Å². The van der Waals surface area contributed by atoms with Gasteiger partial charge in [0.2, 0.25) is 5.88 Å². The summed E-state index contributed by atoms with van der Waals surface area (Å²) >= 11 is 0. The number of aromatic nitrogens is 3. The lowest BCUT2D eigenvalue weighted by molar-refractivity contribution is 0.102. The molecule has 3 heterocycles. The van der Waals surface area contributed by atoms with Crippen LogP contribution in [0.15, 0.2) is 42.7 Å². The summed E-state index contributed by atoms with van der Waals surface area (Å²) in [4.78, 5) is 19.4. The van der Waals surface area contributed by atoms with E-state index in [4.69, 9.17) is 9.47 Å². The highest BCUT2D eigenvalue weighted by atomic mass is 19.1. The second-order valence-corrected chi connectivity index (χ2v) is 7.63. The normalized spacial score (nSPS) is 13.6. The first-order chi connectivity index (χ1) is 16.1. The molecule has 0 spiro atoms. The van der Waals surface area contributed by atoms with Crippen molar-refractivity contribution in [3.8, 4) is 17.0 Å². The number of hydrogen-bond acceptors (Lipinski definition) is 7. The summed E-state index contributed by atoms with van der Waals surface area (Å²) in [6.07, 6.45) is 3.10. The number of pyridine rings is 1. The quantitative estimate of drug-likeness (QED) is 0.584. The molecule has 0 saturated carbocycles. The first-order valence-electron chi connectivity index (χ1n) is 10.8. The zero-order chi connectivity index (χ0) is 23.2. The van der Waals surface area contributed by atoms with Gasteiger partial charge in [0.15, 0.2) is 0 Å². The summed E-state index contributed by atoms with van der Waals surface area (Å²) in [7, 11) is 0. The fourth-order valence-corrected chi connectivity index (χ4v) is 3.68. The van der Waals surface area contributed by atoms with Crippen molar-refractivity contribution in [2.75, 3.05) is 43.1 Å². The molecule has 0 bridgehead atoms. The maximum absolute atomic E-state index is 12.9. The van der Waals surface area contributed by atoms with Crippen LogP contribution in [0.25, 0.3) is 11.1 Å². The standard InChI is InChI=1S/C24H26FN5O3/c1-3-33-24-22(30-6-8-32-9-7-30)11-17(14-26-24)21-12-19(5-4-16(21)2)28-23(31)18-10-20(13-25)29-27-15-18/h4-5,10-12,14-15H,3,6-9,13H2,1-2H3,(H,28,31). The smallest absolute Gasteiger partial charge is 0.257 e. The topological polar surface area (TPSA) is 89.5 Å². The molecule has 9 heteroatoms. The lowest BCUT2D eigenvalue weighted by Crippen LogP contribution is -2.36. The number of amides is 1. The van der Waals surface area contributed by atoms with E-state index in [0.717, 1.165) is 35.5 Å². The van der Waals surface area contributed by atoms with Crippen molar-refractivity contribution >= 4 is 17.3 Å². The number of halogens is 1. The summed E-state index contributed by atoms with van der Waals surface area (Å²) in [5.41, 5.74) is 4.79. The van der Waals surface area contributed by atoms with E-state index < -0.39 is 6.67 Å². The predicted molar refractivity (Wildman–Crippen MR) is 123 cm³/mol. The number of carbonyl (C=O) groups excluding carboxylic acids is 1. The summed E-state index contributed by atoms with van der Waals surface area (Å²) < 4.78 is 24.1. The molecule has 4 rings (SSSR count). The molecule has 3 aromatic rings. The molecule has 1 aromatic carbocycles. The van der Waals surface area contributed by atoms with Gasteiger partial charge >= 0.3 is 0 Å². The SMILES string of the molecule is CCOc1ncc(-c2cc(NC(=O)c3cnnc(CF)c3)ccc2C)cc1N1CCOCC1. The van der Waals surface area contributed by atoms with E-state index in [1.165, 1.54) is 12.3 Å². The second-order valence-electron chi connectivity index (χ2n) is 7.63.